The molecule has 166 valence electrons. The SMILES string of the molecule is Cc1ccc(N2C(=O)NC(=O)/C(=C\c3cc(Cl)ccc3Cc3cccc(F)c3)C2=O)c(C)c1. The number of carbonyl (C=O) groups is 3. The quantitative estimate of drug-likeness (QED) is 0.419. The Morgan fingerprint density at radius 2 is 1.79 bits per heavy atom. The van der Waals surface area contributed by atoms with E-state index in [1.54, 1.807) is 49.4 Å². The van der Waals surface area contributed by atoms with E-state index in [1.165, 1.54) is 18.2 Å². The molecule has 0 radical (unpaired) electrons. The van der Waals surface area contributed by atoms with Crippen LogP contribution in [0.5, 0.6) is 0 Å². The molecule has 1 saturated heterocycles. The smallest absolute Gasteiger partial charge is 0.273 e. The van der Waals surface area contributed by atoms with Gasteiger partial charge >= 0.3 is 6.03 Å². The van der Waals surface area contributed by atoms with Crippen LogP contribution in [0.3, 0.4) is 0 Å². The van der Waals surface area contributed by atoms with Crippen molar-refractivity contribution in [3.05, 3.63) is 105 Å². The minimum absolute atomic E-state index is 0.197. The number of benzene rings is 3. The highest BCUT2D eigenvalue weighted by atomic mass is 35.5. The summed E-state index contributed by atoms with van der Waals surface area (Å²) in [5.41, 5.74) is 3.90. The summed E-state index contributed by atoms with van der Waals surface area (Å²) in [5, 5.41) is 2.65. The highest BCUT2D eigenvalue weighted by molar-refractivity contribution is 6.39. The van der Waals surface area contributed by atoms with Crippen molar-refractivity contribution in [2.75, 3.05) is 4.90 Å². The largest absolute Gasteiger partial charge is 0.335 e. The highest BCUT2D eigenvalue weighted by Gasteiger charge is 2.37. The number of amides is 4. The maximum Gasteiger partial charge on any atom is 0.335 e. The van der Waals surface area contributed by atoms with Crippen molar-refractivity contribution in [3.63, 3.8) is 0 Å². The van der Waals surface area contributed by atoms with Crippen molar-refractivity contribution in [2.24, 2.45) is 0 Å². The van der Waals surface area contributed by atoms with Crippen molar-refractivity contribution >= 4 is 41.2 Å². The van der Waals surface area contributed by atoms with E-state index < -0.39 is 17.8 Å². The Kier molecular flexibility index (Phi) is 6.11. The zero-order valence-electron chi connectivity index (χ0n) is 18.0. The van der Waals surface area contributed by atoms with E-state index in [-0.39, 0.29) is 11.4 Å². The van der Waals surface area contributed by atoms with Gasteiger partial charge in [0.1, 0.15) is 11.4 Å². The first-order chi connectivity index (χ1) is 15.7. The Morgan fingerprint density at radius 1 is 1.00 bits per heavy atom. The second-order valence-corrected chi connectivity index (χ2v) is 8.33. The van der Waals surface area contributed by atoms with Gasteiger partial charge < -0.3 is 0 Å². The van der Waals surface area contributed by atoms with Gasteiger partial charge in [-0.25, -0.2) is 14.1 Å². The van der Waals surface area contributed by atoms with Crippen molar-refractivity contribution < 1.29 is 18.8 Å². The van der Waals surface area contributed by atoms with Gasteiger partial charge in [-0.15, -0.1) is 0 Å². The van der Waals surface area contributed by atoms with Gasteiger partial charge in [0.05, 0.1) is 5.69 Å². The van der Waals surface area contributed by atoms with Gasteiger partial charge in [0, 0.05) is 5.02 Å². The van der Waals surface area contributed by atoms with Gasteiger partial charge in [0.25, 0.3) is 11.8 Å². The first kappa shape index (κ1) is 22.4. The molecule has 3 aromatic rings. The summed E-state index contributed by atoms with van der Waals surface area (Å²) in [6.07, 6.45) is 1.78. The highest BCUT2D eigenvalue weighted by Crippen LogP contribution is 2.28. The van der Waals surface area contributed by atoms with Crippen LogP contribution in [0.1, 0.15) is 27.8 Å². The van der Waals surface area contributed by atoms with Gasteiger partial charge in [0.2, 0.25) is 0 Å². The van der Waals surface area contributed by atoms with Crippen LogP contribution in [-0.2, 0) is 16.0 Å². The van der Waals surface area contributed by atoms with Gasteiger partial charge in [0.15, 0.2) is 0 Å². The maximum atomic E-state index is 13.6. The Hall–Kier alpha value is -3.77. The topological polar surface area (TPSA) is 66.5 Å². The van der Waals surface area contributed by atoms with E-state index in [0.717, 1.165) is 27.2 Å². The fourth-order valence-corrected chi connectivity index (χ4v) is 4.00. The molecule has 1 heterocycles. The number of barbiturate groups is 1. The lowest BCUT2D eigenvalue weighted by Gasteiger charge is -2.27. The lowest BCUT2D eigenvalue weighted by Crippen LogP contribution is -2.54. The molecular formula is C26H20ClFN2O3. The predicted octanol–water partition coefficient (Wildman–Crippen LogP) is 5.35. The fraction of sp³-hybridized carbons (Fsp3) is 0.115. The number of hydrogen-bond donors (Lipinski definition) is 1. The zero-order chi connectivity index (χ0) is 23.7. The van der Waals surface area contributed by atoms with Crippen LogP contribution in [-0.4, -0.2) is 17.8 Å². The van der Waals surface area contributed by atoms with Gasteiger partial charge in [-0.05, 0) is 78.9 Å². The molecule has 3 aromatic carbocycles. The van der Waals surface area contributed by atoms with E-state index in [2.05, 4.69) is 5.32 Å². The third kappa shape index (κ3) is 4.71. The monoisotopic (exact) mass is 462 g/mol. The lowest BCUT2D eigenvalue weighted by atomic mass is 9.97. The first-order valence-electron chi connectivity index (χ1n) is 10.2. The summed E-state index contributed by atoms with van der Waals surface area (Å²) in [6, 6.07) is 15.8. The summed E-state index contributed by atoms with van der Waals surface area (Å²) in [6.45, 7) is 3.69. The van der Waals surface area contributed by atoms with Crippen LogP contribution in [0.2, 0.25) is 5.02 Å². The number of imide groups is 2. The molecule has 1 aliphatic heterocycles. The molecule has 1 N–H and O–H groups in total. The van der Waals surface area contributed by atoms with Crippen molar-refractivity contribution in [3.8, 4) is 0 Å². The van der Waals surface area contributed by atoms with E-state index in [9.17, 15) is 18.8 Å². The van der Waals surface area contributed by atoms with Crippen LogP contribution in [0.4, 0.5) is 14.9 Å². The van der Waals surface area contributed by atoms with Gasteiger partial charge in [-0.1, -0.05) is 47.5 Å². The first-order valence-corrected chi connectivity index (χ1v) is 10.6. The molecule has 1 aliphatic rings. The average molecular weight is 463 g/mol. The van der Waals surface area contributed by atoms with Crippen molar-refractivity contribution in [1.82, 2.24) is 5.32 Å². The zero-order valence-corrected chi connectivity index (χ0v) is 18.7. The number of rotatable bonds is 4. The molecule has 33 heavy (non-hydrogen) atoms. The van der Waals surface area contributed by atoms with Crippen LogP contribution < -0.4 is 10.2 Å². The van der Waals surface area contributed by atoms with Crippen LogP contribution >= 0.6 is 11.6 Å². The fourth-order valence-electron chi connectivity index (χ4n) is 3.82. The lowest BCUT2D eigenvalue weighted by molar-refractivity contribution is -0.122. The van der Waals surface area contributed by atoms with E-state index in [4.69, 9.17) is 11.6 Å². The number of halogens is 2. The predicted molar refractivity (Wildman–Crippen MR) is 126 cm³/mol. The van der Waals surface area contributed by atoms with Gasteiger partial charge in [-0.3, -0.25) is 14.9 Å². The Bertz CT molecular complexity index is 1330. The standard InChI is InChI=1S/C26H20ClFN2O3/c1-15-6-9-23(16(2)10-15)30-25(32)22(24(31)29-26(30)33)14-19-13-20(27)8-7-18(19)11-17-4-3-5-21(28)12-17/h3-10,12-14H,11H2,1-2H3,(H,29,31,33)/b22-14+. The van der Waals surface area contributed by atoms with E-state index in [0.29, 0.717) is 22.7 Å². The molecule has 0 aromatic heterocycles. The molecule has 4 amide bonds. The molecule has 0 saturated carbocycles. The summed E-state index contributed by atoms with van der Waals surface area (Å²) < 4.78 is 13.6. The normalized spacial score (nSPS) is 15.2. The van der Waals surface area contributed by atoms with Crippen LogP contribution in [0, 0.1) is 19.7 Å². The Balaban J connectivity index is 1.76. The van der Waals surface area contributed by atoms with E-state index in [1.807, 2.05) is 13.0 Å². The third-order valence-corrected chi connectivity index (χ3v) is 5.62. The minimum Gasteiger partial charge on any atom is -0.273 e. The van der Waals surface area contributed by atoms with Crippen LogP contribution in [0.25, 0.3) is 6.08 Å². The molecule has 0 atom stereocenters. The number of carbonyl (C=O) groups excluding carboxylic acids is 3. The summed E-state index contributed by atoms with van der Waals surface area (Å²) in [7, 11) is 0. The van der Waals surface area contributed by atoms with Gasteiger partial charge in [-0.2, -0.15) is 0 Å². The Labute approximate surface area is 195 Å². The number of urea groups is 1. The second-order valence-electron chi connectivity index (χ2n) is 7.90. The number of anilines is 1. The van der Waals surface area contributed by atoms with Crippen molar-refractivity contribution in [1.29, 1.82) is 0 Å². The van der Waals surface area contributed by atoms with Crippen LogP contribution in [0.15, 0.2) is 66.2 Å². The summed E-state index contributed by atoms with van der Waals surface area (Å²) in [4.78, 5) is 39.4. The summed E-state index contributed by atoms with van der Waals surface area (Å²) in [5.74, 6) is -1.87. The second kappa shape index (κ2) is 9.00. The molecule has 1 fully saturated rings. The molecule has 0 aliphatic carbocycles. The molecular weight excluding hydrogens is 443 g/mol. The molecule has 0 unspecified atom stereocenters. The minimum atomic E-state index is -0.805. The number of aryl methyl sites for hydroxylation is 2. The number of nitrogens with zero attached hydrogens (tertiary/aromatic N) is 1. The Morgan fingerprint density at radius 3 is 2.52 bits per heavy atom. The van der Waals surface area contributed by atoms with Crippen molar-refractivity contribution in [2.45, 2.75) is 20.3 Å². The molecule has 7 heteroatoms. The molecule has 4 rings (SSSR count). The maximum absolute atomic E-state index is 13.6. The number of nitrogens with one attached hydrogen (secondary N) is 1. The molecule has 0 spiro atoms. The molecule has 0 bridgehead atoms. The molecule has 5 nitrogen and oxygen atoms in total. The van der Waals surface area contributed by atoms with E-state index >= 15 is 0 Å². The number of hydrogen-bond acceptors (Lipinski definition) is 3. The third-order valence-electron chi connectivity index (χ3n) is 5.39. The average Bonchev–Trinajstić information content (AvgIpc) is 2.74. The summed E-state index contributed by atoms with van der Waals surface area (Å²) >= 11 is 6.18.